The van der Waals surface area contributed by atoms with Gasteiger partial charge in [-0.25, -0.2) is 4.39 Å². The van der Waals surface area contributed by atoms with E-state index in [1.807, 2.05) is 0 Å². The minimum Gasteiger partial charge on any atom is -0.389 e. The molecule has 1 fully saturated rings. The molecule has 1 atom stereocenters. The van der Waals surface area contributed by atoms with Crippen LogP contribution in [0.5, 0.6) is 0 Å². The molecule has 1 saturated carbocycles. The second-order valence-corrected chi connectivity index (χ2v) is 5.63. The summed E-state index contributed by atoms with van der Waals surface area (Å²) in [4.78, 5) is 2.56. The van der Waals surface area contributed by atoms with E-state index in [9.17, 15) is 4.39 Å². The highest BCUT2D eigenvalue weighted by Crippen LogP contribution is 2.27. The molecule has 3 nitrogen and oxygen atoms in total. The van der Waals surface area contributed by atoms with Crippen LogP contribution in [0, 0.1) is 5.82 Å². The predicted molar refractivity (Wildman–Crippen MR) is 81.0 cm³/mol. The van der Waals surface area contributed by atoms with Crippen molar-refractivity contribution in [3.8, 4) is 0 Å². The highest BCUT2D eigenvalue weighted by atomic mass is 32.1. The number of halogens is 1. The zero-order valence-corrected chi connectivity index (χ0v) is 12.1. The van der Waals surface area contributed by atoms with Crippen LogP contribution in [0.4, 0.5) is 10.1 Å². The van der Waals surface area contributed by atoms with Crippen molar-refractivity contribution >= 4 is 22.9 Å². The summed E-state index contributed by atoms with van der Waals surface area (Å²) in [7, 11) is 2.12. The number of nitrogens with two attached hydrogens (primary N) is 1. The van der Waals surface area contributed by atoms with Crippen LogP contribution in [-0.2, 0) is 0 Å². The number of rotatable bonds is 6. The maximum atomic E-state index is 13.8. The van der Waals surface area contributed by atoms with Gasteiger partial charge in [0.25, 0.3) is 0 Å². The van der Waals surface area contributed by atoms with Gasteiger partial charge in [0.1, 0.15) is 10.8 Å². The topological polar surface area (TPSA) is 41.3 Å². The molecular formula is C14H20FN3S. The molecule has 0 aromatic heterocycles. The van der Waals surface area contributed by atoms with Crippen LogP contribution in [-0.4, -0.2) is 35.6 Å². The molecule has 1 aromatic carbocycles. The lowest BCUT2D eigenvalue weighted by atomic mass is 10.2. The van der Waals surface area contributed by atoms with Crippen molar-refractivity contribution in [2.75, 3.05) is 18.9 Å². The van der Waals surface area contributed by atoms with Gasteiger partial charge in [-0.1, -0.05) is 12.2 Å². The molecule has 1 aliphatic rings. The van der Waals surface area contributed by atoms with Gasteiger partial charge in [0.05, 0.1) is 5.69 Å². The van der Waals surface area contributed by atoms with Gasteiger partial charge in [-0.05, 0) is 45.0 Å². The Morgan fingerprint density at radius 2 is 2.26 bits per heavy atom. The van der Waals surface area contributed by atoms with Crippen LogP contribution < -0.4 is 11.1 Å². The molecule has 2 rings (SSSR count). The second kappa shape index (κ2) is 5.84. The van der Waals surface area contributed by atoms with E-state index in [1.165, 1.54) is 18.9 Å². The predicted octanol–water partition coefficient (Wildman–Crippen LogP) is 2.35. The van der Waals surface area contributed by atoms with Crippen LogP contribution in [0.25, 0.3) is 0 Å². The van der Waals surface area contributed by atoms with E-state index >= 15 is 0 Å². The van der Waals surface area contributed by atoms with Crippen LogP contribution in [0.1, 0.15) is 25.3 Å². The number of thiocarbonyl (C=S) groups is 1. The molecule has 104 valence electrons. The first-order valence-electron chi connectivity index (χ1n) is 6.54. The minimum atomic E-state index is -0.313. The van der Waals surface area contributed by atoms with E-state index in [1.54, 1.807) is 12.1 Å². The van der Waals surface area contributed by atoms with Gasteiger partial charge >= 0.3 is 0 Å². The Hall–Kier alpha value is -1.20. The maximum Gasteiger partial charge on any atom is 0.146 e. The average Bonchev–Trinajstić information content (AvgIpc) is 3.20. The Morgan fingerprint density at radius 1 is 1.58 bits per heavy atom. The molecule has 0 radical (unpaired) electrons. The van der Waals surface area contributed by atoms with Gasteiger partial charge in [0.15, 0.2) is 0 Å². The Balaban J connectivity index is 1.93. The third-order valence-corrected chi connectivity index (χ3v) is 3.90. The molecule has 0 heterocycles. The Labute approximate surface area is 119 Å². The zero-order chi connectivity index (χ0) is 14.0. The van der Waals surface area contributed by atoms with Crippen LogP contribution in [0.15, 0.2) is 18.2 Å². The first-order chi connectivity index (χ1) is 8.99. The van der Waals surface area contributed by atoms with Crippen molar-refractivity contribution < 1.29 is 4.39 Å². The van der Waals surface area contributed by atoms with Crippen molar-refractivity contribution in [2.45, 2.75) is 31.8 Å². The summed E-state index contributed by atoms with van der Waals surface area (Å²) < 4.78 is 13.8. The summed E-state index contributed by atoms with van der Waals surface area (Å²) in [6.07, 6.45) is 2.55. The van der Waals surface area contributed by atoms with E-state index in [4.69, 9.17) is 18.0 Å². The first-order valence-corrected chi connectivity index (χ1v) is 6.95. The SMILES string of the molecule is CC(CNc1ccc(C(N)=S)cc1F)N(C)C1CC1. The normalized spacial score (nSPS) is 16.4. The summed E-state index contributed by atoms with van der Waals surface area (Å²) in [6, 6.07) is 5.89. The molecule has 1 aliphatic carbocycles. The van der Waals surface area contributed by atoms with Crippen molar-refractivity contribution in [1.82, 2.24) is 4.90 Å². The fourth-order valence-corrected chi connectivity index (χ4v) is 2.18. The highest BCUT2D eigenvalue weighted by Gasteiger charge is 2.28. The molecule has 5 heteroatoms. The smallest absolute Gasteiger partial charge is 0.146 e. The number of hydrogen-bond acceptors (Lipinski definition) is 3. The van der Waals surface area contributed by atoms with Crippen molar-refractivity contribution in [3.63, 3.8) is 0 Å². The zero-order valence-electron chi connectivity index (χ0n) is 11.3. The Kier molecular flexibility index (Phi) is 4.37. The molecule has 19 heavy (non-hydrogen) atoms. The third kappa shape index (κ3) is 3.64. The van der Waals surface area contributed by atoms with Gasteiger partial charge in [0.2, 0.25) is 0 Å². The Morgan fingerprint density at radius 3 is 2.79 bits per heavy atom. The molecule has 1 aromatic rings. The number of nitrogens with one attached hydrogen (secondary N) is 1. The largest absolute Gasteiger partial charge is 0.389 e. The molecule has 0 aliphatic heterocycles. The second-order valence-electron chi connectivity index (χ2n) is 5.19. The summed E-state index contributed by atoms with van der Waals surface area (Å²) in [5.74, 6) is -0.313. The lowest BCUT2D eigenvalue weighted by molar-refractivity contribution is 0.257. The van der Waals surface area contributed by atoms with Gasteiger partial charge in [-0.3, -0.25) is 4.90 Å². The Bertz CT molecular complexity index is 474. The molecular weight excluding hydrogens is 261 g/mol. The number of likely N-dealkylation sites (N-methyl/N-ethyl adjacent to an activating group) is 1. The quantitative estimate of drug-likeness (QED) is 0.786. The molecule has 0 bridgehead atoms. The standard InChI is InChI=1S/C14H20FN3S/c1-9(18(2)11-4-5-11)8-17-13-6-3-10(14(16)19)7-12(13)15/h3,6-7,9,11,17H,4-5,8H2,1-2H3,(H2,16,19). The number of anilines is 1. The molecule has 0 saturated heterocycles. The monoisotopic (exact) mass is 281 g/mol. The molecule has 1 unspecified atom stereocenters. The third-order valence-electron chi connectivity index (χ3n) is 3.66. The highest BCUT2D eigenvalue weighted by molar-refractivity contribution is 7.80. The van der Waals surface area contributed by atoms with E-state index in [0.717, 1.165) is 6.54 Å². The van der Waals surface area contributed by atoms with Gasteiger partial charge in [-0.2, -0.15) is 0 Å². The van der Waals surface area contributed by atoms with E-state index in [2.05, 4.69) is 24.2 Å². The van der Waals surface area contributed by atoms with E-state index < -0.39 is 0 Å². The minimum absolute atomic E-state index is 0.215. The number of benzene rings is 1. The van der Waals surface area contributed by atoms with Crippen LogP contribution >= 0.6 is 12.2 Å². The van der Waals surface area contributed by atoms with Gasteiger partial charge < -0.3 is 11.1 Å². The van der Waals surface area contributed by atoms with Crippen LogP contribution in [0.3, 0.4) is 0 Å². The maximum absolute atomic E-state index is 13.8. The van der Waals surface area contributed by atoms with Crippen molar-refractivity contribution in [1.29, 1.82) is 0 Å². The van der Waals surface area contributed by atoms with E-state index in [-0.39, 0.29) is 10.8 Å². The lowest BCUT2D eigenvalue weighted by Crippen LogP contribution is -2.36. The summed E-state index contributed by atoms with van der Waals surface area (Å²) >= 11 is 4.82. The van der Waals surface area contributed by atoms with Crippen molar-refractivity contribution in [3.05, 3.63) is 29.6 Å². The first kappa shape index (κ1) is 14.2. The van der Waals surface area contributed by atoms with E-state index in [0.29, 0.717) is 23.3 Å². The lowest BCUT2D eigenvalue weighted by Gasteiger charge is -2.25. The molecule has 0 spiro atoms. The molecule has 3 N–H and O–H groups in total. The van der Waals surface area contributed by atoms with Gasteiger partial charge in [-0.15, -0.1) is 0 Å². The van der Waals surface area contributed by atoms with Crippen LogP contribution in [0.2, 0.25) is 0 Å². The van der Waals surface area contributed by atoms with Crippen molar-refractivity contribution in [2.24, 2.45) is 5.73 Å². The summed E-state index contributed by atoms with van der Waals surface area (Å²) in [5.41, 5.74) is 6.53. The average molecular weight is 281 g/mol. The van der Waals surface area contributed by atoms with Gasteiger partial charge in [0, 0.05) is 24.2 Å². The summed E-state index contributed by atoms with van der Waals surface area (Å²) in [5, 5.41) is 3.14. The molecule has 0 amide bonds. The fraction of sp³-hybridized carbons (Fsp3) is 0.500. The number of nitrogens with zero attached hydrogens (tertiary/aromatic N) is 1. The number of hydrogen-bond donors (Lipinski definition) is 2. The fourth-order valence-electron chi connectivity index (χ4n) is 2.06. The summed E-state index contributed by atoms with van der Waals surface area (Å²) in [6.45, 7) is 2.86.